The molecule has 118 valence electrons. The summed E-state index contributed by atoms with van der Waals surface area (Å²) in [4.78, 5) is 0. The number of rotatable bonds is 4. The molecular weight excluding hydrogens is 246 g/mol. The van der Waals surface area contributed by atoms with Crippen LogP contribution in [0.4, 0.5) is 0 Å². The van der Waals surface area contributed by atoms with Crippen molar-refractivity contribution in [3.8, 4) is 0 Å². The third-order valence-corrected chi connectivity index (χ3v) is 6.11. The molecule has 20 heavy (non-hydrogen) atoms. The molecule has 2 saturated carbocycles. The lowest BCUT2D eigenvalue weighted by molar-refractivity contribution is -0.0985. The van der Waals surface area contributed by atoms with E-state index in [9.17, 15) is 0 Å². The molecule has 0 amide bonds. The summed E-state index contributed by atoms with van der Waals surface area (Å²) in [5.41, 5.74) is 0.586. The largest absolute Gasteiger partial charge is 0.377 e. The molecule has 0 aromatic carbocycles. The summed E-state index contributed by atoms with van der Waals surface area (Å²) in [7, 11) is 4.09. The predicted octanol–water partition coefficient (Wildman–Crippen LogP) is 4.53. The molecule has 0 bridgehead atoms. The molecule has 0 saturated heterocycles. The van der Waals surface area contributed by atoms with Crippen molar-refractivity contribution in [3.63, 3.8) is 0 Å². The molecule has 1 N–H and O–H groups in total. The lowest BCUT2D eigenvalue weighted by Gasteiger charge is -2.49. The number of hydrogen-bond donors (Lipinski definition) is 1. The van der Waals surface area contributed by atoms with Gasteiger partial charge in [-0.15, -0.1) is 0 Å². The van der Waals surface area contributed by atoms with Gasteiger partial charge in [0.25, 0.3) is 0 Å². The Kier molecular flexibility index (Phi) is 5.53. The smallest absolute Gasteiger partial charge is 0.0833 e. The van der Waals surface area contributed by atoms with Gasteiger partial charge in [-0.1, -0.05) is 39.5 Å². The van der Waals surface area contributed by atoms with Crippen LogP contribution in [0.3, 0.4) is 0 Å². The molecule has 2 aliphatic carbocycles. The van der Waals surface area contributed by atoms with Crippen molar-refractivity contribution >= 4 is 0 Å². The fourth-order valence-electron chi connectivity index (χ4n) is 4.56. The Labute approximate surface area is 126 Å². The average molecular weight is 281 g/mol. The lowest BCUT2D eigenvalue weighted by atomic mass is 9.65. The van der Waals surface area contributed by atoms with E-state index in [2.05, 4.69) is 26.2 Å². The first-order valence-corrected chi connectivity index (χ1v) is 8.75. The number of nitrogens with one attached hydrogen (secondary N) is 1. The van der Waals surface area contributed by atoms with E-state index >= 15 is 0 Å². The topological polar surface area (TPSA) is 21.3 Å². The van der Waals surface area contributed by atoms with Crippen molar-refractivity contribution in [2.75, 3.05) is 14.2 Å². The SMILES string of the molecule is CNC(C1CCCCCC1)C1(OC)CCC(C)(C)CC1. The number of likely N-dealkylation sites (N-methyl/N-ethyl adjacent to an activating group) is 1. The average Bonchev–Trinajstić information content (AvgIpc) is 2.71. The highest BCUT2D eigenvalue weighted by Crippen LogP contribution is 2.46. The van der Waals surface area contributed by atoms with Crippen molar-refractivity contribution in [1.82, 2.24) is 5.32 Å². The van der Waals surface area contributed by atoms with E-state index in [0.29, 0.717) is 11.5 Å². The Bertz CT molecular complexity index is 282. The molecular formula is C18H35NO. The molecule has 2 fully saturated rings. The van der Waals surface area contributed by atoms with Crippen molar-refractivity contribution in [2.45, 2.75) is 89.7 Å². The molecule has 0 aromatic rings. The van der Waals surface area contributed by atoms with Crippen LogP contribution >= 0.6 is 0 Å². The van der Waals surface area contributed by atoms with Gasteiger partial charge in [0, 0.05) is 13.2 Å². The lowest BCUT2D eigenvalue weighted by Crippen LogP contribution is -2.57. The monoisotopic (exact) mass is 281 g/mol. The minimum Gasteiger partial charge on any atom is -0.377 e. The van der Waals surface area contributed by atoms with E-state index in [4.69, 9.17) is 4.74 Å². The first-order valence-electron chi connectivity index (χ1n) is 8.75. The summed E-state index contributed by atoms with van der Waals surface area (Å²) in [6.45, 7) is 4.82. The number of hydrogen-bond acceptors (Lipinski definition) is 2. The van der Waals surface area contributed by atoms with Gasteiger partial charge in [-0.2, -0.15) is 0 Å². The van der Waals surface area contributed by atoms with Crippen molar-refractivity contribution < 1.29 is 4.74 Å². The standard InChI is InChI=1S/C18H35NO/c1-17(2)11-13-18(20-4,14-12-17)16(19-3)15-9-7-5-6-8-10-15/h15-16,19H,5-14H2,1-4H3. The highest BCUT2D eigenvalue weighted by atomic mass is 16.5. The van der Waals surface area contributed by atoms with Crippen LogP contribution in [0.25, 0.3) is 0 Å². The Hall–Kier alpha value is -0.0800. The second kappa shape index (κ2) is 6.79. The summed E-state index contributed by atoms with van der Waals surface area (Å²) in [6, 6.07) is 0.543. The quantitative estimate of drug-likeness (QED) is 0.764. The molecule has 0 radical (unpaired) electrons. The van der Waals surface area contributed by atoms with Gasteiger partial charge in [-0.3, -0.25) is 0 Å². The summed E-state index contributed by atoms with van der Waals surface area (Å²) < 4.78 is 6.16. The fraction of sp³-hybridized carbons (Fsp3) is 1.00. The first-order chi connectivity index (χ1) is 9.53. The van der Waals surface area contributed by atoms with E-state index in [1.165, 1.54) is 64.2 Å². The zero-order valence-corrected chi connectivity index (χ0v) is 14.1. The van der Waals surface area contributed by atoms with E-state index < -0.39 is 0 Å². The van der Waals surface area contributed by atoms with Crippen molar-refractivity contribution in [2.24, 2.45) is 11.3 Å². The van der Waals surface area contributed by atoms with E-state index in [1.54, 1.807) is 0 Å². The maximum Gasteiger partial charge on any atom is 0.0833 e. The molecule has 1 atom stereocenters. The van der Waals surface area contributed by atoms with Crippen LogP contribution in [0.1, 0.15) is 78.1 Å². The normalized spacial score (nSPS) is 28.8. The highest BCUT2D eigenvalue weighted by Gasteiger charge is 2.46. The summed E-state index contributed by atoms with van der Waals surface area (Å²) in [5.74, 6) is 0.809. The van der Waals surface area contributed by atoms with Crippen LogP contribution in [0.5, 0.6) is 0 Å². The number of ether oxygens (including phenoxy) is 1. The van der Waals surface area contributed by atoms with Crippen LogP contribution < -0.4 is 5.32 Å². The third kappa shape index (κ3) is 3.57. The van der Waals surface area contributed by atoms with Gasteiger partial charge < -0.3 is 10.1 Å². The van der Waals surface area contributed by atoms with Crippen LogP contribution in [0.15, 0.2) is 0 Å². The van der Waals surface area contributed by atoms with Gasteiger partial charge in [0.2, 0.25) is 0 Å². The van der Waals surface area contributed by atoms with Gasteiger partial charge in [-0.25, -0.2) is 0 Å². The van der Waals surface area contributed by atoms with Gasteiger partial charge in [0.15, 0.2) is 0 Å². The minimum atomic E-state index is 0.0826. The molecule has 0 heterocycles. The highest BCUT2D eigenvalue weighted by molar-refractivity contribution is 5.01. The number of methoxy groups -OCH3 is 1. The summed E-state index contributed by atoms with van der Waals surface area (Å²) in [5, 5.41) is 3.66. The Morgan fingerprint density at radius 1 is 0.950 bits per heavy atom. The van der Waals surface area contributed by atoms with Crippen LogP contribution in [-0.4, -0.2) is 25.8 Å². The summed E-state index contributed by atoms with van der Waals surface area (Å²) >= 11 is 0. The Morgan fingerprint density at radius 3 is 1.95 bits per heavy atom. The van der Waals surface area contributed by atoms with Crippen molar-refractivity contribution in [3.05, 3.63) is 0 Å². The molecule has 2 rings (SSSR count). The van der Waals surface area contributed by atoms with Crippen LogP contribution in [0.2, 0.25) is 0 Å². The van der Waals surface area contributed by atoms with Crippen molar-refractivity contribution in [1.29, 1.82) is 0 Å². The molecule has 0 spiro atoms. The summed E-state index contributed by atoms with van der Waals surface area (Å²) in [6.07, 6.45) is 13.5. The van der Waals surface area contributed by atoms with Gasteiger partial charge in [-0.05, 0) is 56.9 Å². The molecule has 0 aromatic heterocycles. The molecule has 1 unspecified atom stereocenters. The molecule has 2 nitrogen and oxygen atoms in total. The molecule has 2 aliphatic rings. The van der Waals surface area contributed by atoms with E-state index in [0.717, 1.165) is 5.92 Å². The third-order valence-electron chi connectivity index (χ3n) is 6.11. The maximum absolute atomic E-state index is 6.16. The Balaban J connectivity index is 2.10. The van der Waals surface area contributed by atoms with E-state index in [-0.39, 0.29) is 5.60 Å². The maximum atomic E-state index is 6.16. The molecule has 0 aliphatic heterocycles. The van der Waals surface area contributed by atoms with Crippen LogP contribution in [0, 0.1) is 11.3 Å². The predicted molar refractivity (Wildman–Crippen MR) is 86.0 cm³/mol. The molecule has 2 heteroatoms. The second-order valence-electron chi connectivity index (χ2n) is 7.95. The van der Waals surface area contributed by atoms with Gasteiger partial charge in [0.1, 0.15) is 0 Å². The van der Waals surface area contributed by atoms with Gasteiger partial charge >= 0.3 is 0 Å². The zero-order valence-electron chi connectivity index (χ0n) is 14.1. The van der Waals surface area contributed by atoms with Crippen LogP contribution in [-0.2, 0) is 4.74 Å². The second-order valence-corrected chi connectivity index (χ2v) is 7.95. The Morgan fingerprint density at radius 2 is 1.50 bits per heavy atom. The fourth-order valence-corrected chi connectivity index (χ4v) is 4.56. The van der Waals surface area contributed by atoms with E-state index in [1.807, 2.05) is 7.11 Å². The zero-order chi connectivity index (χ0) is 14.6. The first kappa shape index (κ1) is 16.3. The van der Waals surface area contributed by atoms with Gasteiger partial charge in [0.05, 0.1) is 5.60 Å². The minimum absolute atomic E-state index is 0.0826.